The van der Waals surface area contributed by atoms with Gasteiger partial charge in [-0.25, -0.2) is 0 Å². The Kier molecular flexibility index (Phi) is 5.89. The van der Waals surface area contributed by atoms with Crippen LogP contribution in [0.4, 0.5) is 0 Å². The Labute approximate surface area is 219 Å². The number of nitrogens with zero attached hydrogens (tertiary/aromatic N) is 5. The second-order valence-electron chi connectivity index (χ2n) is 10.6. The summed E-state index contributed by atoms with van der Waals surface area (Å²) in [7, 11) is 0. The summed E-state index contributed by atoms with van der Waals surface area (Å²) in [6.45, 7) is 11.0. The first kappa shape index (κ1) is 24.2. The van der Waals surface area contributed by atoms with Gasteiger partial charge in [-0.2, -0.15) is 4.37 Å². The van der Waals surface area contributed by atoms with Gasteiger partial charge >= 0.3 is 0 Å². The van der Waals surface area contributed by atoms with Crippen molar-refractivity contribution in [2.45, 2.75) is 59.1 Å². The van der Waals surface area contributed by atoms with Crippen LogP contribution in [0.5, 0.6) is 0 Å². The molecule has 0 bridgehead atoms. The van der Waals surface area contributed by atoms with Crippen molar-refractivity contribution in [1.29, 1.82) is 0 Å². The number of hydrogen-bond donors (Lipinski definition) is 1. The molecule has 1 N–H and O–H groups in total. The molecule has 1 atom stereocenters. The maximum atomic E-state index is 11.2. The Morgan fingerprint density at radius 2 is 1.92 bits per heavy atom. The van der Waals surface area contributed by atoms with Crippen LogP contribution in [-0.2, 0) is 10.3 Å². The summed E-state index contributed by atoms with van der Waals surface area (Å²) in [5.74, 6) is 1.07. The van der Waals surface area contributed by atoms with Crippen molar-refractivity contribution in [2.75, 3.05) is 13.2 Å². The molecule has 6 heterocycles. The van der Waals surface area contributed by atoms with Crippen LogP contribution >= 0.6 is 11.5 Å². The topological polar surface area (TPSA) is 99.1 Å². The van der Waals surface area contributed by atoms with Crippen molar-refractivity contribution in [2.24, 2.45) is 5.92 Å². The zero-order valence-corrected chi connectivity index (χ0v) is 22.6. The fourth-order valence-corrected chi connectivity index (χ4v) is 6.67. The van der Waals surface area contributed by atoms with Gasteiger partial charge in [0.15, 0.2) is 0 Å². The van der Waals surface area contributed by atoms with Crippen molar-refractivity contribution in [1.82, 2.24) is 24.1 Å². The highest BCUT2D eigenvalue weighted by atomic mass is 32.1. The van der Waals surface area contributed by atoms with Crippen LogP contribution in [-0.4, -0.2) is 42.4 Å². The fourth-order valence-electron chi connectivity index (χ4n) is 5.66. The molecule has 1 unspecified atom stereocenters. The van der Waals surface area contributed by atoms with Gasteiger partial charge < -0.3 is 18.9 Å². The van der Waals surface area contributed by atoms with Crippen molar-refractivity contribution in [3.8, 4) is 11.1 Å². The van der Waals surface area contributed by atoms with Gasteiger partial charge in [-0.3, -0.25) is 9.97 Å². The van der Waals surface area contributed by atoms with Gasteiger partial charge in [0.05, 0.1) is 33.2 Å². The summed E-state index contributed by atoms with van der Waals surface area (Å²) < 4.78 is 19.3. The maximum absolute atomic E-state index is 11.2. The van der Waals surface area contributed by atoms with E-state index in [0.717, 1.165) is 81.1 Å². The Balaban J connectivity index is 1.71. The first-order chi connectivity index (χ1) is 17.7. The molecule has 0 spiro atoms. The molecule has 0 aliphatic carbocycles. The third-order valence-corrected chi connectivity index (χ3v) is 8.23. The molecule has 1 saturated heterocycles. The Morgan fingerprint density at radius 1 is 1.14 bits per heavy atom. The smallest absolute Gasteiger partial charge is 0.141 e. The third kappa shape index (κ3) is 4.05. The summed E-state index contributed by atoms with van der Waals surface area (Å²) in [5, 5.41) is 15.3. The number of hydrogen-bond acceptors (Lipinski definition) is 8. The van der Waals surface area contributed by atoms with E-state index in [2.05, 4.69) is 28.8 Å². The predicted molar refractivity (Wildman–Crippen MR) is 144 cm³/mol. The van der Waals surface area contributed by atoms with E-state index in [-0.39, 0.29) is 6.04 Å². The standard InChI is InChI=1S/C28H31N5O3S/c1-15-6-9-29-20(12-15)24(18-7-10-35-11-8-18)33-21-13-19(22-16(2)31-36-17(22)3)14-30-23(21)26-25(33)27(32-37-26)28(4,5)34/h6,9,12-14,18,24,34H,7-8,10-11H2,1-5H3. The lowest BCUT2D eigenvalue weighted by atomic mass is 9.88. The molecule has 1 aliphatic heterocycles. The van der Waals surface area contributed by atoms with Crippen LogP contribution in [0.3, 0.4) is 0 Å². The lowest BCUT2D eigenvalue weighted by Gasteiger charge is -2.33. The first-order valence-corrected chi connectivity index (χ1v) is 13.5. The molecule has 0 amide bonds. The average molecular weight is 518 g/mol. The van der Waals surface area contributed by atoms with Gasteiger partial charge in [0.2, 0.25) is 0 Å². The largest absolute Gasteiger partial charge is 0.384 e. The summed E-state index contributed by atoms with van der Waals surface area (Å²) in [5.41, 5.74) is 7.25. The van der Waals surface area contributed by atoms with E-state index in [1.54, 1.807) is 13.8 Å². The number of aliphatic hydroxyl groups is 1. The number of aromatic nitrogens is 5. The summed E-state index contributed by atoms with van der Waals surface area (Å²) in [6, 6.07) is 6.31. The molecule has 192 valence electrons. The van der Waals surface area contributed by atoms with E-state index >= 15 is 0 Å². The summed E-state index contributed by atoms with van der Waals surface area (Å²) in [6.07, 6.45) is 5.62. The molecule has 0 saturated carbocycles. The van der Waals surface area contributed by atoms with E-state index < -0.39 is 5.60 Å². The number of aryl methyl sites for hydroxylation is 3. The third-order valence-electron chi connectivity index (χ3n) is 7.38. The van der Waals surface area contributed by atoms with E-state index in [0.29, 0.717) is 11.6 Å². The average Bonchev–Trinajstić information content (AvgIpc) is 3.53. The Morgan fingerprint density at radius 3 is 2.59 bits per heavy atom. The molecule has 0 aromatic carbocycles. The molecule has 9 heteroatoms. The van der Waals surface area contributed by atoms with Gasteiger partial charge in [0.1, 0.15) is 22.6 Å². The number of pyridine rings is 2. The minimum atomic E-state index is -1.12. The van der Waals surface area contributed by atoms with E-state index in [1.807, 2.05) is 32.3 Å². The quantitative estimate of drug-likeness (QED) is 0.311. The summed E-state index contributed by atoms with van der Waals surface area (Å²) >= 11 is 1.39. The molecule has 5 aromatic rings. The van der Waals surface area contributed by atoms with Gasteiger partial charge in [0.25, 0.3) is 0 Å². The monoisotopic (exact) mass is 517 g/mol. The fraction of sp³-hybridized carbons (Fsp3) is 0.429. The Hall–Kier alpha value is -3.14. The van der Waals surface area contributed by atoms with Crippen LogP contribution in [0.1, 0.15) is 61.1 Å². The highest BCUT2D eigenvalue weighted by Crippen LogP contribution is 2.44. The van der Waals surface area contributed by atoms with Crippen molar-refractivity contribution >= 4 is 32.8 Å². The highest BCUT2D eigenvalue weighted by Gasteiger charge is 2.35. The lowest BCUT2D eigenvalue weighted by Crippen LogP contribution is -2.28. The van der Waals surface area contributed by atoms with Crippen molar-refractivity contribution < 1.29 is 14.4 Å². The predicted octanol–water partition coefficient (Wildman–Crippen LogP) is 5.86. The molecule has 8 nitrogen and oxygen atoms in total. The molecular weight excluding hydrogens is 486 g/mol. The molecule has 37 heavy (non-hydrogen) atoms. The molecule has 1 fully saturated rings. The van der Waals surface area contributed by atoms with E-state index in [1.165, 1.54) is 11.5 Å². The van der Waals surface area contributed by atoms with Crippen molar-refractivity contribution in [3.05, 3.63) is 59.0 Å². The molecule has 6 rings (SSSR count). The van der Waals surface area contributed by atoms with Crippen LogP contribution in [0.15, 0.2) is 35.1 Å². The second kappa shape index (κ2) is 9.01. The molecule has 1 aliphatic rings. The van der Waals surface area contributed by atoms with Crippen LogP contribution in [0.25, 0.3) is 32.4 Å². The molecular formula is C28H31N5O3S. The number of rotatable bonds is 5. The van der Waals surface area contributed by atoms with Gasteiger partial charge in [-0.05, 0) is 88.7 Å². The normalized spacial score (nSPS) is 16.2. The highest BCUT2D eigenvalue weighted by molar-refractivity contribution is 7.14. The van der Waals surface area contributed by atoms with Gasteiger partial charge in [-0.1, -0.05) is 5.16 Å². The second-order valence-corrected chi connectivity index (χ2v) is 11.4. The van der Waals surface area contributed by atoms with Crippen LogP contribution in [0.2, 0.25) is 0 Å². The molecule has 0 radical (unpaired) electrons. The lowest BCUT2D eigenvalue weighted by molar-refractivity contribution is 0.0543. The first-order valence-electron chi connectivity index (χ1n) is 12.7. The zero-order chi connectivity index (χ0) is 25.9. The van der Waals surface area contributed by atoms with Crippen LogP contribution in [0, 0.1) is 26.7 Å². The number of ether oxygens (including phenoxy) is 1. The van der Waals surface area contributed by atoms with Crippen LogP contribution < -0.4 is 0 Å². The zero-order valence-electron chi connectivity index (χ0n) is 21.8. The van der Waals surface area contributed by atoms with E-state index in [9.17, 15) is 5.11 Å². The minimum absolute atomic E-state index is 0.0666. The van der Waals surface area contributed by atoms with Gasteiger partial charge in [0, 0.05) is 36.7 Å². The SMILES string of the molecule is Cc1ccnc(C(C2CCOCC2)n2c3cc(-c4c(C)noc4C)cnc3c3snc(C(C)(C)O)c32)c1. The Bertz CT molecular complexity index is 1580. The van der Waals surface area contributed by atoms with Crippen molar-refractivity contribution in [3.63, 3.8) is 0 Å². The minimum Gasteiger partial charge on any atom is -0.384 e. The summed E-state index contributed by atoms with van der Waals surface area (Å²) in [4.78, 5) is 9.83. The van der Waals surface area contributed by atoms with Gasteiger partial charge in [-0.15, -0.1) is 0 Å². The molecule has 5 aromatic heterocycles. The van der Waals surface area contributed by atoms with E-state index in [4.69, 9.17) is 23.6 Å². The number of fused-ring (bicyclic) bond motifs is 3. The maximum Gasteiger partial charge on any atom is 0.141 e.